The highest BCUT2D eigenvalue weighted by atomic mass is 79.9. The van der Waals surface area contributed by atoms with Crippen molar-refractivity contribution in [3.05, 3.63) is 32.7 Å². The van der Waals surface area contributed by atoms with Crippen molar-refractivity contribution >= 4 is 37.8 Å². The quantitative estimate of drug-likeness (QED) is 0.817. The number of amides is 1. The van der Waals surface area contributed by atoms with Gasteiger partial charge in [0.25, 0.3) is 5.91 Å². The lowest BCUT2D eigenvalue weighted by Crippen LogP contribution is -2.40. The maximum atomic E-state index is 12.3. The van der Waals surface area contributed by atoms with Crippen LogP contribution in [0.2, 0.25) is 0 Å². The number of carbonyl (C=O) groups is 1. The minimum absolute atomic E-state index is 0.199. The maximum absolute atomic E-state index is 12.3. The third-order valence-corrected chi connectivity index (χ3v) is 4.90. The summed E-state index contributed by atoms with van der Waals surface area (Å²) < 4.78 is 1.58. The van der Waals surface area contributed by atoms with E-state index in [-0.39, 0.29) is 11.8 Å². The van der Waals surface area contributed by atoms with E-state index in [4.69, 9.17) is 0 Å². The average molecular weight is 400 g/mol. The molecule has 1 saturated carbocycles. The molecular formula is C15H16Br2N2O. The van der Waals surface area contributed by atoms with Crippen LogP contribution in [0.4, 0.5) is 0 Å². The highest BCUT2D eigenvalue weighted by Crippen LogP contribution is 2.27. The number of carbonyl (C=O) groups excluding carboxylic acids is 1. The van der Waals surface area contributed by atoms with Crippen LogP contribution in [0.1, 0.15) is 42.5 Å². The molecule has 0 heterocycles. The standard InChI is InChI=1S/C15H16Br2N2O/c16-11-6-7-13(17)12(8-11)15(20)19-14(9-18)10-4-2-1-3-5-10/h6-8,10,14H,1-5H2,(H,19,20). The first kappa shape index (κ1) is 15.5. The summed E-state index contributed by atoms with van der Waals surface area (Å²) >= 11 is 6.73. The van der Waals surface area contributed by atoms with Crippen LogP contribution in [-0.4, -0.2) is 11.9 Å². The van der Waals surface area contributed by atoms with E-state index in [1.54, 1.807) is 6.07 Å². The lowest BCUT2D eigenvalue weighted by atomic mass is 9.84. The number of nitrogens with one attached hydrogen (secondary N) is 1. The van der Waals surface area contributed by atoms with Gasteiger partial charge in [0.2, 0.25) is 0 Å². The van der Waals surface area contributed by atoms with E-state index >= 15 is 0 Å². The number of rotatable bonds is 3. The Kier molecular flexibility index (Phi) is 5.62. The predicted molar refractivity (Wildman–Crippen MR) is 85.3 cm³/mol. The fraction of sp³-hybridized carbons (Fsp3) is 0.467. The molecule has 2 rings (SSSR count). The van der Waals surface area contributed by atoms with Gasteiger partial charge in [0.15, 0.2) is 0 Å². The van der Waals surface area contributed by atoms with Crippen molar-refractivity contribution in [1.29, 1.82) is 5.26 Å². The van der Waals surface area contributed by atoms with E-state index in [2.05, 4.69) is 43.2 Å². The fourth-order valence-electron chi connectivity index (χ4n) is 2.61. The zero-order chi connectivity index (χ0) is 14.5. The summed E-state index contributed by atoms with van der Waals surface area (Å²) in [6.45, 7) is 0. The molecule has 0 spiro atoms. The van der Waals surface area contributed by atoms with Crippen molar-refractivity contribution in [2.45, 2.75) is 38.1 Å². The van der Waals surface area contributed by atoms with Crippen LogP contribution < -0.4 is 5.32 Å². The highest BCUT2D eigenvalue weighted by molar-refractivity contribution is 9.11. The Morgan fingerprint density at radius 1 is 1.30 bits per heavy atom. The van der Waals surface area contributed by atoms with Crippen molar-refractivity contribution in [3.63, 3.8) is 0 Å². The van der Waals surface area contributed by atoms with Crippen molar-refractivity contribution < 1.29 is 4.79 Å². The van der Waals surface area contributed by atoms with Crippen molar-refractivity contribution in [2.75, 3.05) is 0 Å². The molecule has 0 radical (unpaired) electrons. The number of hydrogen-bond acceptors (Lipinski definition) is 2. The van der Waals surface area contributed by atoms with Crippen LogP contribution in [-0.2, 0) is 0 Å². The fourth-order valence-corrected chi connectivity index (χ4v) is 3.40. The average Bonchev–Trinajstić information content (AvgIpc) is 2.48. The zero-order valence-corrected chi connectivity index (χ0v) is 14.2. The molecule has 1 fully saturated rings. The third-order valence-electron chi connectivity index (χ3n) is 3.72. The second kappa shape index (κ2) is 7.24. The normalized spacial score (nSPS) is 17.2. The van der Waals surface area contributed by atoms with Crippen LogP contribution >= 0.6 is 31.9 Å². The van der Waals surface area contributed by atoms with Gasteiger partial charge in [-0.15, -0.1) is 0 Å². The molecule has 1 atom stereocenters. The van der Waals surface area contributed by atoms with Crippen molar-refractivity contribution in [1.82, 2.24) is 5.32 Å². The van der Waals surface area contributed by atoms with Gasteiger partial charge in [-0.1, -0.05) is 35.2 Å². The van der Waals surface area contributed by atoms with E-state index in [0.29, 0.717) is 5.56 Å². The smallest absolute Gasteiger partial charge is 0.253 e. The largest absolute Gasteiger partial charge is 0.336 e. The minimum atomic E-state index is -0.395. The summed E-state index contributed by atoms with van der Waals surface area (Å²) in [5.41, 5.74) is 0.551. The Bertz CT molecular complexity index is 533. The van der Waals surface area contributed by atoms with Gasteiger partial charge in [-0.25, -0.2) is 0 Å². The SMILES string of the molecule is N#CC(NC(=O)c1cc(Br)ccc1Br)C1CCCCC1. The Balaban J connectivity index is 2.09. The van der Waals surface area contributed by atoms with Crippen molar-refractivity contribution in [2.24, 2.45) is 5.92 Å². The molecule has 1 aliphatic rings. The van der Waals surface area contributed by atoms with Gasteiger partial charge in [0, 0.05) is 8.95 Å². The molecular weight excluding hydrogens is 384 g/mol. The molecule has 1 amide bonds. The minimum Gasteiger partial charge on any atom is -0.336 e. The van der Waals surface area contributed by atoms with Gasteiger partial charge in [-0.3, -0.25) is 4.79 Å². The first-order valence-electron chi connectivity index (χ1n) is 6.77. The highest BCUT2D eigenvalue weighted by Gasteiger charge is 2.25. The summed E-state index contributed by atoms with van der Waals surface area (Å²) in [7, 11) is 0. The Morgan fingerprint density at radius 3 is 2.65 bits per heavy atom. The Hall–Kier alpha value is -0.860. The van der Waals surface area contributed by atoms with Gasteiger partial charge < -0.3 is 5.32 Å². The van der Waals surface area contributed by atoms with Crippen LogP contribution in [0, 0.1) is 17.2 Å². The second-order valence-electron chi connectivity index (χ2n) is 5.10. The van der Waals surface area contributed by atoms with Gasteiger partial charge in [0.1, 0.15) is 6.04 Å². The second-order valence-corrected chi connectivity index (χ2v) is 6.87. The topological polar surface area (TPSA) is 52.9 Å². The molecule has 20 heavy (non-hydrogen) atoms. The lowest BCUT2D eigenvalue weighted by Gasteiger charge is -2.26. The van der Waals surface area contributed by atoms with Gasteiger partial charge in [-0.05, 0) is 52.9 Å². The van der Waals surface area contributed by atoms with Crippen LogP contribution in [0.3, 0.4) is 0 Å². The predicted octanol–water partition coefficient (Wildman–Crippen LogP) is 4.41. The molecule has 1 aliphatic carbocycles. The molecule has 0 bridgehead atoms. The first-order chi connectivity index (χ1) is 9.61. The van der Waals surface area contributed by atoms with E-state index in [1.807, 2.05) is 12.1 Å². The monoisotopic (exact) mass is 398 g/mol. The molecule has 1 unspecified atom stereocenters. The summed E-state index contributed by atoms with van der Waals surface area (Å²) in [6, 6.07) is 7.30. The van der Waals surface area contributed by atoms with Crippen LogP contribution in [0.25, 0.3) is 0 Å². The molecule has 106 valence electrons. The number of hydrogen-bond donors (Lipinski definition) is 1. The molecule has 1 aromatic rings. The molecule has 0 aliphatic heterocycles. The molecule has 3 nitrogen and oxygen atoms in total. The number of benzene rings is 1. The van der Waals surface area contributed by atoms with E-state index < -0.39 is 6.04 Å². The molecule has 1 aromatic carbocycles. The zero-order valence-electron chi connectivity index (χ0n) is 11.0. The lowest BCUT2D eigenvalue weighted by molar-refractivity contribution is 0.0928. The number of halogens is 2. The van der Waals surface area contributed by atoms with E-state index in [9.17, 15) is 10.1 Å². The molecule has 1 N–H and O–H groups in total. The van der Waals surface area contributed by atoms with Crippen LogP contribution in [0.15, 0.2) is 27.1 Å². The van der Waals surface area contributed by atoms with E-state index in [1.165, 1.54) is 6.42 Å². The summed E-state index contributed by atoms with van der Waals surface area (Å²) in [4.78, 5) is 12.3. The number of nitrogens with zero attached hydrogens (tertiary/aromatic N) is 1. The number of nitriles is 1. The molecule has 0 saturated heterocycles. The molecule has 0 aromatic heterocycles. The summed E-state index contributed by atoms with van der Waals surface area (Å²) in [5.74, 6) is 0.0823. The van der Waals surface area contributed by atoms with E-state index in [0.717, 1.165) is 34.6 Å². The summed E-state index contributed by atoms with van der Waals surface area (Å²) in [6.07, 6.45) is 5.59. The first-order valence-corrected chi connectivity index (χ1v) is 8.36. The Morgan fingerprint density at radius 2 is 2.00 bits per heavy atom. The Labute approximate surface area is 136 Å². The van der Waals surface area contributed by atoms with Crippen molar-refractivity contribution in [3.8, 4) is 6.07 Å². The summed E-state index contributed by atoms with van der Waals surface area (Å²) in [5, 5.41) is 12.2. The van der Waals surface area contributed by atoms with Gasteiger partial charge in [0.05, 0.1) is 11.6 Å². The van der Waals surface area contributed by atoms with Crippen LogP contribution in [0.5, 0.6) is 0 Å². The molecule has 5 heteroatoms. The maximum Gasteiger partial charge on any atom is 0.253 e. The van der Waals surface area contributed by atoms with Gasteiger partial charge in [-0.2, -0.15) is 5.26 Å². The van der Waals surface area contributed by atoms with Gasteiger partial charge >= 0.3 is 0 Å². The third kappa shape index (κ3) is 3.83.